The zero-order valence-corrected chi connectivity index (χ0v) is 23.3. The van der Waals surface area contributed by atoms with Crippen molar-refractivity contribution < 1.29 is 19.1 Å². The second kappa shape index (κ2) is 9.66. The molecular formula is C31H33N5O4. The van der Waals surface area contributed by atoms with Gasteiger partial charge in [-0.2, -0.15) is 0 Å². The van der Waals surface area contributed by atoms with Gasteiger partial charge in [-0.05, 0) is 63.1 Å². The van der Waals surface area contributed by atoms with Crippen molar-refractivity contribution in [2.75, 3.05) is 19.0 Å². The molecule has 6 rings (SSSR count). The second-order valence-electron chi connectivity index (χ2n) is 11.2. The number of pyridine rings is 1. The van der Waals surface area contributed by atoms with E-state index in [-0.39, 0.29) is 29.9 Å². The van der Waals surface area contributed by atoms with Crippen LogP contribution in [0.4, 0.5) is 5.69 Å². The Bertz CT molecular complexity index is 1610. The minimum Gasteiger partial charge on any atom is -0.497 e. The first kappa shape index (κ1) is 25.9. The number of anilines is 1. The van der Waals surface area contributed by atoms with Gasteiger partial charge in [0.1, 0.15) is 11.9 Å². The molecule has 0 radical (unpaired) electrons. The van der Waals surface area contributed by atoms with Gasteiger partial charge in [0, 0.05) is 30.1 Å². The van der Waals surface area contributed by atoms with Gasteiger partial charge in [0.05, 0.1) is 36.1 Å². The first-order valence-electron chi connectivity index (χ1n) is 13.6. The van der Waals surface area contributed by atoms with Crippen molar-refractivity contribution in [3.05, 3.63) is 66.0 Å². The number of aromatic amines is 1. The fourth-order valence-corrected chi connectivity index (χ4v) is 5.68. The molecule has 0 bridgehead atoms. The van der Waals surface area contributed by atoms with Gasteiger partial charge in [-0.15, -0.1) is 0 Å². The van der Waals surface area contributed by atoms with E-state index in [0.29, 0.717) is 30.1 Å². The number of benzene rings is 2. The first-order valence-corrected chi connectivity index (χ1v) is 13.6. The summed E-state index contributed by atoms with van der Waals surface area (Å²) in [6, 6.07) is 15.6. The predicted octanol–water partition coefficient (Wildman–Crippen LogP) is 5.24. The van der Waals surface area contributed by atoms with Crippen molar-refractivity contribution in [3.63, 3.8) is 0 Å². The normalized spacial score (nSPS) is 19.4. The first-order chi connectivity index (χ1) is 19.2. The van der Waals surface area contributed by atoms with Crippen LogP contribution in [0.2, 0.25) is 0 Å². The predicted molar refractivity (Wildman–Crippen MR) is 152 cm³/mol. The number of amides is 2. The van der Waals surface area contributed by atoms with Gasteiger partial charge in [0.15, 0.2) is 5.52 Å². The SMILES string of the molecule is COc1ccc(C(C)N2CC(C(C)Oc3nc(-c4ccc5c(c4)NC(=O)C5(C)C)cc4[nH]cnc34)CC2=O)cc1. The summed E-state index contributed by atoms with van der Waals surface area (Å²) in [5.41, 5.74) is 5.26. The van der Waals surface area contributed by atoms with E-state index in [1.165, 1.54) is 0 Å². The summed E-state index contributed by atoms with van der Waals surface area (Å²) >= 11 is 0. The number of aromatic nitrogens is 3. The Kier molecular flexibility index (Phi) is 6.24. The van der Waals surface area contributed by atoms with Crippen molar-refractivity contribution in [2.24, 2.45) is 5.92 Å². The molecule has 206 valence electrons. The summed E-state index contributed by atoms with van der Waals surface area (Å²) in [5, 5.41) is 2.99. The number of nitrogens with one attached hydrogen (secondary N) is 2. The van der Waals surface area contributed by atoms with Crippen molar-refractivity contribution in [2.45, 2.75) is 51.7 Å². The third-order valence-corrected chi connectivity index (χ3v) is 8.39. The smallest absolute Gasteiger partial charge is 0.243 e. The largest absolute Gasteiger partial charge is 0.497 e. The number of rotatable bonds is 7. The number of carbonyl (C=O) groups is 2. The molecule has 9 nitrogen and oxygen atoms in total. The highest BCUT2D eigenvalue weighted by molar-refractivity contribution is 6.06. The van der Waals surface area contributed by atoms with E-state index in [0.717, 1.165) is 33.6 Å². The van der Waals surface area contributed by atoms with Gasteiger partial charge >= 0.3 is 0 Å². The number of H-pyrrole nitrogens is 1. The van der Waals surface area contributed by atoms with Gasteiger partial charge in [0.25, 0.3) is 0 Å². The summed E-state index contributed by atoms with van der Waals surface area (Å²) in [6.45, 7) is 8.47. The van der Waals surface area contributed by atoms with E-state index < -0.39 is 5.41 Å². The Morgan fingerprint density at radius 2 is 1.85 bits per heavy atom. The fraction of sp³-hybridized carbons (Fsp3) is 0.355. The minimum absolute atomic E-state index is 0.00471. The maximum Gasteiger partial charge on any atom is 0.243 e. The quantitative estimate of drug-likeness (QED) is 0.332. The topological polar surface area (TPSA) is 109 Å². The molecular weight excluding hydrogens is 506 g/mol. The molecule has 2 aromatic heterocycles. The minimum atomic E-state index is -0.574. The number of likely N-dealkylation sites (tertiary alicyclic amines) is 1. The molecule has 0 spiro atoms. The molecule has 2 amide bonds. The molecule has 3 atom stereocenters. The number of hydrogen-bond acceptors (Lipinski definition) is 6. The number of methoxy groups -OCH3 is 1. The molecule has 9 heteroatoms. The summed E-state index contributed by atoms with van der Waals surface area (Å²) in [6.07, 6.45) is 1.77. The van der Waals surface area contributed by atoms with Crippen LogP contribution in [0.25, 0.3) is 22.3 Å². The Morgan fingerprint density at radius 3 is 2.60 bits per heavy atom. The monoisotopic (exact) mass is 539 g/mol. The summed E-state index contributed by atoms with van der Waals surface area (Å²) in [7, 11) is 1.64. The molecule has 4 aromatic rings. The molecule has 1 fully saturated rings. The van der Waals surface area contributed by atoms with Crippen LogP contribution < -0.4 is 14.8 Å². The van der Waals surface area contributed by atoms with Crippen molar-refractivity contribution in [1.82, 2.24) is 19.9 Å². The number of imidazole rings is 1. The standard InChI is InChI=1S/C31H33N5O4/c1-17(19-6-9-22(39-5)10-7-19)36-15-21(13-27(36)37)18(2)40-29-28-26(32-16-33-28)14-24(34-29)20-8-11-23-25(12-20)35-30(38)31(23,3)4/h6-12,14,16-18,21H,13,15H2,1-5H3,(H,32,33)(H,35,38). The van der Waals surface area contributed by atoms with Gasteiger partial charge in [-0.25, -0.2) is 9.97 Å². The summed E-state index contributed by atoms with van der Waals surface area (Å²) < 4.78 is 11.7. The van der Waals surface area contributed by atoms with E-state index >= 15 is 0 Å². The third-order valence-electron chi connectivity index (χ3n) is 8.39. The molecule has 3 unspecified atom stereocenters. The van der Waals surface area contributed by atoms with Gasteiger partial charge in [-0.3, -0.25) is 9.59 Å². The van der Waals surface area contributed by atoms with Gasteiger partial charge in [0.2, 0.25) is 17.7 Å². The number of ether oxygens (including phenoxy) is 2. The van der Waals surface area contributed by atoms with Crippen LogP contribution in [0.1, 0.15) is 51.3 Å². The lowest BCUT2D eigenvalue weighted by atomic mass is 9.86. The van der Waals surface area contributed by atoms with Crippen LogP contribution in [-0.2, 0) is 15.0 Å². The maximum absolute atomic E-state index is 13.0. The Labute approximate surface area is 232 Å². The van der Waals surface area contributed by atoms with Crippen LogP contribution in [-0.4, -0.2) is 51.4 Å². The lowest BCUT2D eigenvalue weighted by Crippen LogP contribution is -2.31. The van der Waals surface area contributed by atoms with E-state index in [1.54, 1.807) is 13.4 Å². The average molecular weight is 540 g/mol. The lowest BCUT2D eigenvalue weighted by Gasteiger charge is -2.26. The van der Waals surface area contributed by atoms with Gasteiger partial charge < -0.3 is 24.7 Å². The molecule has 1 saturated heterocycles. The van der Waals surface area contributed by atoms with Crippen LogP contribution in [0, 0.1) is 5.92 Å². The van der Waals surface area contributed by atoms with E-state index in [2.05, 4.69) is 15.3 Å². The second-order valence-corrected chi connectivity index (χ2v) is 11.2. The highest BCUT2D eigenvalue weighted by Gasteiger charge is 2.39. The summed E-state index contributed by atoms with van der Waals surface area (Å²) in [4.78, 5) is 39.9. The van der Waals surface area contributed by atoms with E-state index in [4.69, 9.17) is 14.5 Å². The van der Waals surface area contributed by atoms with Crippen molar-refractivity contribution in [1.29, 1.82) is 0 Å². The van der Waals surface area contributed by atoms with Gasteiger partial charge in [-0.1, -0.05) is 24.3 Å². The number of carbonyl (C=O) groups excluding carboxylic acids is 2. The Balaban J connectivity index is 1.23. The van der Waals surface area contributed by atoms with E-state index in [1.807, 2.05) is 81.1 Å². The van der Waals surface area contributed by atoms with Crippen molar-refractivity contribution >= 4 is 28.5 Å². The Hall–Kier alpha value is -4.40. The number of fused-ring (bicyclic) bond motifs is 2. The summed E-state index contributed by atoms with van der Waals surface area (Å²) in [5.74, 6) is 1.30. The molecule has 2 N–H and O–H groups in total. The third kappa shape index (κ3) is 4.35. The molecule has 0 saturated carbocycles. The maximum atomic E-state index is 13.0. The highest BCUT2D eigenvalue weighted by Crippen LogP contribution is 2.40. The van der Waals surface area contributed by atoms with Crippen LogP contribution in [0.3, 0.4) is 0 Å². The highest BCUT2D eigenvalue weighted by atomic mass is 16.5. The lowest BCUT2D eigenvalue weighted by molar-refractivity contribution is -0.129. The molecule has 0 aliphatic carbocycles. The van der Waals surface area contributed by atoms with Crippen LogP contribution in [0.15, 0.2) is 54.9 Å². The van der Waals surface area contributed by atoms with Crippen LogP contribution in [0.5, 0.6) is 11.6 Å². The molecule has 40 heavy (non-hydrogen) atoms. The van der Waals surface area contributed by atoms with E-state index in [9.17, 15) is 9.59 Å². The molecule has 2 aliphatic heterocycles. The molecule has 2 aliphatic rings. The fourth-order valence-electron chi connectivity index (χ4n) is 5.68. The van der Waals surface area contributed by atoms with Crippen LogP contribution >= 0.6 is 0 Å². The Morgan fingerprint density at radius 1 is 1.07 bits per heavy atom. The van der Waals surface area contributed by atoms with Crippen molar-refractivity contribution in [3.8, 4) is 22.9 Å². The zero-order chi connectivity index (χ0) is 28.2. The number of hydrogen-bond donors (Lipinski definition) is 2. The zero-order valence-electron chi connectivity index (χ0n) is 23.3. The number of nitrogens with zero attached hydrogens (tertiary/aromatic N) is 3. The molecule has 2 aromatic carbocycles. The average Bonchev–Trinajstić information content (AvgIpc) is 3.64. The molecule has 4 heterocycles.